The fraction of sp³-hybridized carbons (Fsp3) is 0.750. The highest BCUT2D eigenvalue weighted by Gasteiger charge is 2.55. The number of hydrogen-bond donors (Lipinski definition) is 0. The Morgan fingerprint density at radius 3 is 2.19 bits per heavy atom. The molecule has 1 saturated carbocycles. The SMILES string of the molecule is COC(=O)C1(N2CCC(=CC(=O)OC(C)(C)C)CC2)CC1. The van der Waals surface area contributed by atoms with Crippen LogP contribution in [0.25, 0.3) is 0 Å². The maximum absolute atomic E-state index is 11.9. The summed E-state index contributed by atoms with van der Waals surface area (Å²) in [5.41, 5.74) is 0.255. The average molecular weight is 295 g/mol. The van der Waals surface area contributed by atoms with Crippen molar-refractivity contribution >= 4 is 11.9 Å². The summed E-state index contributed by atoms with van der Waals surface area (Å²) in [6.07, 6.45) is 4.98. The Morgan fingerprint density at radius 2 is 1.76 bits per heavy atom. The molecule has 5 nitrogen and oxygen atoms in total. The van der Waals surface area contributed by atoms with E-state index in [-0.39, 0.29) is 17.5 Å². The van der Waals surface area contributed by atoms with Crippen molar-refractivity contribution in [3.8, 4) is 0 Å². The van der Waals surface area contributed by atoms with Crippen molar-refractivity contribution in [3.63, 3.8) is 0 Å². The lowest BCUT2D eigenvalue weighted by Crippen LogP contribution is -2.47. The lowest BCUT2D eigenvalue weighted by atomic mass is 10.0. The predicted octanol–water partition coefficient (Wildman–Crippen LogP) is 2.06. The highest BCUT2D eigenvalue weighted by Crippen LogP contribution is 2.44. The molecule has 0 bridgehead atoms. The maximum Gasteiger partial charge on any atom is 0.331 e. The Hall–Kier alpha value is -1.36. The van der Waals surface area contributed by atoms with Crippen LogP contribution in [0.4, 0.5) is 0 Å². The quantitative estimate of drug-likeness (QED) is 0.589. The molecule has 0 N–H and O–H groups in total. The highest BCUT2D eigenvalue weighted by atomic mass is 16.6. The summed E-state index contributed by atoms with van der Waals surface area (Å²) in [4.78, 5) is 25.8. The maximum atomic E-state index is 11.9. The molecule has 0 radical (unpaired) electrons. The van der Waals surface area contributed by atoms with E-state index in [0.29, 0.717) is 0 Å². The van der Waals surface area contributed by atoms with Crippen molar-refractivity contribution in [2.75, 3.05) is 20.2 Å². The molecular formula is C16H25NO4. The van der Waals surface area contributed by atoms with Gasteiger partial charge < -0.3 is 9.47 Å². The molecule has 2 aliphatic rings. The molecule has 2 fully saturated rings. The molecule has 1 aliphatic carbocycles. The monoisotopic (exact) mass is 295 g/mol. The van der Waals surface area contributed by atoms with Crippen LogP contribution >= 0.6 is 0 Å². The molecule has 0 atom stereocenters. The number of esters is 2. The molecule has 2 rings (SSSR count). The molecule has 0 unspecified atom stereocenters. The van der Waals surface area contributed by atoms with Crippen LogP contribution in [0.2, 0.25) is 0 Å². The summed E-state index contributed by atoms with van der Waals surface area (Å²) < 4.78 is 10.2. The Morgan fingerprint density at radius 1 is 1.19 bits per heavy atom. The zero-order valence-corrected chi connectivity index (χ0v) is 13.4. The summed E-state index contributed by atoms with van der Waals surface area (Å²) in [5, 5.41) is 0. The first-order chi connectivity index (χ1) is 9.77. The number of ether oxygens (including phenoxy) is 2. The van der Waals surface area contributed by atoms with Gasteiger partial charge in [-0.3, -0.25) is 9.69 Å². The van der Waals surface area contributed by atoms with Crippen molar-refractivity contribution in [2.45, 2.75) is 57.6 Å². The predicted molar refractivity (Wildman–Crippen MR) is 78.7 cm³/mol. The second kappa shape index (κ2) is 5.79. The zero-order valence-electron chi connectivity index (χ0n) is 13.4. The molecule has 0 aromatic heterocycles. The van der Waals surface area contributed by atoms with Gasteiger partial charge in [0.25, 0.3) is 0 Å². The molecule has 1 heterocycles. The molecule has 21 heavy (non-hydrogen) atoms. The van der Waals surface area contributed by atoms with E-state index < -0.39 is 5.60 Å². The zero-order chi connectivity index (χ0) is 15.7. The van der Waals surface area contributed by atoms with Crippen LogP contribution in [0.15, 0.2) is 11.6 Å². The normalized spacial score (nSPS) is 21.6. The Labute approximate surface area is 126 Å². The van der Waals surface area contributed by atoms with Crippen molar-refractivity contribution in [1.29, 1.82) is 0 Å². The molecule has 0 spiro atoms. The van der Waals surface area contributed by atoms with Gasteiger partial charge in [0.2, 0.25) is 0 Å². The molecule has 0 aromatic carbocycles. The Balaban J connectivity index is 1.89. The van der Waals surface area contributed by atoms with E-state index >= 15 is 0 Å². The fourth-order valence-electron chi connectivity index (χ4n) is 2.82. The summed E-state index contributed by atoms with van der Waals surface area (Å²) >= 11 is 0. The number of carbonyl (C=O) groups excluding carboxylic acids is 2. The van der Waals surface area contributed by atoms with Gasteiger partial charge in [-0.2, -0.15) is 0 Å². The number of nitrogens with zero attached hydrogens (tertiary/aromatic N) is 1. The summed E-state index contributed by atoms with van der Waals surface area (Å²) in [7, 11) is 1.44. The minimum atomic E-state index is -0.461. The van der Waals surface area contributed by atoms with Gasteiger partial charge in [0.15, 0.2) is 0 Å². The number of likely N-dealkylation sites (tertiary alicyclic amines) is 1. The van der Waals surface area contributed by atoms with Gasteiger partial charge in [-0.25, -0.2) is 4.79 Å². The van der Waals surface area contributed by atoms with E-state index in [0.717, 1.165) is 44.3 Å². The standard InChI is InChI=1S/C16H25NO4/c1-15(2,3)21-13(18)11-12-5-9-17(10-6-12)16(7-8-16)14(19)20-4/h11H,5-10H2,1-4H3. The van der Waals surface area contributed by atoms with Gasteiger partial charge in [0.1, 0.15) is 11.1 Å². The first-order valence-corrected chi connectivity index (χ1v) is 7.53. The van der Waals surface area contributed by atoms with E-state index in [1.54, 1.807) is 6.08 Å². The third-order valence-electron chi connectivity index (χ3n) is 4.03. The van der Waals surface area contributed by atoms with Crippen LogP contribution in [0.5, 0.6) is 0 Å². The highest BCUT2D eigenvalue weighted by molar-refractivity contribution is 5.84. The van der Waals surface area contributed by atoms with Crippen LogP contribution in [0.1, 0.15) is 46.5 Å². The fourth-order valence-corrected chi connectivity index (χ4v) is 2.82. The van der Waals surface area contributed by atoms with Gasteiger partial charge in [0.05, 0.1) is 7.11 Å². The second-order valence-corrected chi connectivity index (χ2v) is 6.85. The van der Waals surface area contributed by atoms with Crippen molar-refractivity contribution in [2.24, 2.45) is 0 Å². The van der Waals surface area contributed by atoms with Crippen molar-refractivity contribution in [1.82, 2.24) is 4.90 Å². The van der Waals surface area contributed by atoms with Crippen LogP contribution in [0.3, 0.4) is 0 Å². The molecule has 1 saturated heterocycles. The molecule has 1 aliphatic heterocycles. The second-order valence-electron chi connectivity index (χ2n) is 6.85. The van der Waals surface area contributed by atoms with Crippen LogP contribution in [-0.4, -0.2) is 48.2 Å². The van der Waals surface area contributed by atoms with E-state index in [2.05, 4.69) is 4.90 Å². The van der Waals surface area contributed by atoms with Crippen molar-refractivity contribution < 1.29 is 19.1 Å². The lowest BCUT2D eigenvalue weighted by Gasteiger charge is -2.34. The Bertz CT molecular complexity index is 447. The van der Waals surface area contributed by atoms with Gasteiger partial charge >= 0.3 is 11.9 Å². The topological polar surface area (TPSA) is 55.8 Å². The number of piperidine rings is 1. The number of methoxy groups -OCH3 is 1. The first kappa shape index (κ1) is 16.0. The van der Waals surface area contributed by atoms with E-state index in [1.807, 2.05) is 20.8 Å². The summed E-state index contributed by atoms with van der Waals surface area (Å²) in [5.74, 6) is -0.401. The molecule has 118 valence electrons. The molecule has 0 aromatic rings. The number of carbonyl (C=O) groups is 2. The van der Waals surface area contributed by atoms with Crippen LogP contribution in [0, 0.1) is 0 Å². The van der Waals surface area contributed by atoms with E-state index in [4.69, 9.17) is 9.47 Å². The smallest absolute Gasteiger partial charge is 0.331 e. The third kappa shape index (κ3) is 3.84. The number of rotatable bonds is 3. The molecule has 0 amide bonds. The molecular weight excluding hydrogens is 270 g/mol. The minimum absolute atomic E-state index is 0.123. The first-order valence-electron chi connectivity index (χ1n) is 7.53. The van der Waals surface area contributed by atoms with Gasteiger partial charge in [-0.15, -0.1) is 0 Å². The average Bonchev–Trinajstić information content (AvgIpc) is 3.18. The summed E-state index contributed by atoms with van der Waals surface area (Å²) in [6, 6.07) is 0. The Kier molecular flexibility index (Phi) is 4.42. The van der Waals surface area contributed by atoms with Gasteiger partial charge in [-0.05, 0) is 46.5 Å². The third-order valence-corrected chi connectivity index (χ3v) is 4.03. The lowest BCUT2D eigenvalue weighted by molar-refractivity contribution is -0.150. The van der Waals surface area contributed by atoms with Crippen LogP contribution < -0.4 is 0 Å². The molecule has 5 heteroatoms. The van der Waals surface area contributed by atoms with Crippen LogP contribution in [-0.2, 0) is 19.1 Å². The van der Waals surface area contributed by atoms with E-state index in [1.165, 1.54) is 7.11 Å². The number of hydrogen-bond acceptors (Lipinski definition) is 5. The van der Waals surface area contributed by atoms with Crippen molar-refractivity contribution in [3.05, 3.63) is 11.6 Å². The summed E-state index contributed by atoms with van der Waals surface area (Å²) in [6.45, 7) is 7.17. The minimum Gasteiger partial charge on any atom is -0.468 e. The van der Waals surface area contributed by atoms with E-state index in [9.17, 15) is 9.59 Å². The van der Waals surface area contributed by atoms with Gasteiger partial charge in [-0.1, -0.05) is 5.57 Å². The largest absolute Gasteiger partial charge is 0.468 e. The van der Waals surface area contributed by atoms with Gasteiger partial charge in [0, 0.05) is 19.2 Å².